The molecule has 0 fully saturated rings. The Morgan fingerprint density at radius 2 is 1.88 bits per heavy atom. The summed E-state index contributed by atoms with van der Waals surface area (Å²) in [5.41, 5.74) is 2.35. The second-order valence-corrected chi connectivity index (χ2v) is 4.34. The lowest BCUT2D eigenvalue weighted by Gasteiger charge is -2.17. The molecule has 0 atom stereocenters. The Kier molecular flexibility index (Phi) is 5.06. The van der Waals surface area contributed by atoms with E-state index in [1.165, 1.54) is 5.56 Å². The first-order valence-electron chi connectivity index (χ1n) is 5.73. The quantitative estimate of drug-likeness (QED) is 0.823. The molecule has 0 saturated carbocycles. The third-order valence-electron chi connectivity index (χ3n) is 2.44. The number of hydrogen-bond acceptors (Lipinski definition) is 2. The van der Waals surface area contributed by atoms with Crippen molar-refractivity contribution >= 4 is 11.8 Å². The fraction of sp³-hybridized carbons (Fsp3) is 0.429. The van der Waals surface area contributed by atoms with Crippen molar-refractivity contribution in [1.82, 2.24) is 0 Å². The van der Waals surface area contributed by atoms with Crippen LogP contribution in [-0.2, 0) is 0 Å². The minimum atomic E-state index is 0.186. The van der Waals surface area contributed by atoms with Gasteiger partial charge in [0.1, 0.15) is 0 Å². The van der Waals surface area contributed by atoms with Crippen LogP contribution in [0.1, 0.15) is 19.4 Å². The molecule has 1 aromatic carbocycles. The first kappa shape index (κ1) is 12.8. The summed E-state index contributed by atoms with van der Waals surface area (Å²) < 4.78 is 0. The van der Waals surface area contributed by atoms with E-state index >= 15 is 0 Å². The van der Waals surface area contributed by atoms with Crippen molar-refractivity contribution in [2.45, 2.75) is 13.8 Å². The van der Waals surface area contributed by atoms with Crippen molar-refractivity contribution in [2.24, 2.45) is 5.92 Å². The molecule has 0 saturated heterocycles. The summed E-state index contributed by atoms with van der Waals surface area (Å²) in [5, 5.41) is 8.85. The Balaban J connectivity index is 2.67. The molecule has 1 rings (SSSR count). The Morgan fingerprint density at radius 3 is 2.38 bits per heavy atom. The van der Waals surface area contributed by atoms with Gasteiger partial charge in [0, 0.05) is 19.3 Å². The molecule has 0 amide bonds. The molecule has 0 aliphatic heterocycles. The smallest absolute Gasteiger partial charge is 0.0606 e. The lowest BCUT2D eigenvalue weighted by Crippen LogP contribution is -2.20. The zero-order chi connectivity index (χ0) is 12.0. The minimum absolute atomic E-state index is 0.186. The normalized spacial score (nSPS) is 11.3. The van der Waals surface area contributed by atoms with Crippen molar-refractivity contribution in [1.29, 1.82) is 0 Å². The van der Waals surface area contributed by atoms with E-state index in [1.807, 2.05) is 11.9 Å². The summed E-state index contributed by atoms with van der Waals surface area (Å²) >= 11 is 0. The molecule has 0 aromatic heterocycles. The minimum Gasteiger partial charge on any atom is -0.395 e. The monoisotopic (exact) mass is 219 g/mol. The molecule has 2 nitrogen and oxygen atoms in total. The summed E-state index contributed by atoms with van der Waals surface area (Å²) in [7, 11) is 1.98. The second-order valence-electron chi connectivity index (χ2n) is 4.34. The van der Waals surface area contributed by atoms with Gasteiger partial charge in [0.05, 0.1) is 6.61 Å². The first-order valence-corrected chi connectivity index (χ1v) is 5.73. The number of benzene rings is 1. The van der Waals surface area contributed by atoms with Crippen molar-refractivity contribution in [3.63, 3.8) is 0 Å². The van der Waals surface area contributed by atoms with Crippen LogP contribution in [0.5, 0.6) is 0 Å². The number of hydrogen-bond donors (Lipinski definition) is 1. The van der Waals surface area contributed by atoms with E-state index < -0.39 is 0 Å². The molecular weight excluding hydrogens is 198 g/mol. The third kappa shape index (κ3) is 4.07. The predicted molar refractivity (Wildman–Crippen MR) is 70.7 cm³/mol. The lowest BCUT2D eigenvalue weighted by molar-refractivity contribution is 0.304. The molecular formula is C14H21NO. The summed E-state index contributed by atoms with van der Waals surface area (Å²) in [4.78, 5) is 2.04. The number of anilines is 1. The highest BCUT2D eigenvalue weighted by Gasteiger charge is 1.98. The van der Waals surface area contributed by atoms with Gasteiger partial charge in [0.15, 0.2) is 0 Å². The average Bonchev–Trinajstić information content (AvgIpc) is 2.27. The van der Waals surface area contributed by atoms with Crippen LogP contribution in [0.15, 0.2) is 30.3 Å². The Morgan fingerprint density at radius 1 is 1.25 bits per heavy atom. The van der Waals surface area contributed by atoms with Crippen LogP contribution >= 0.6 is 0 Å². The summed E-state index contributed by atoms with van der Waals surface area (Å²) in [6.45, 7) is 5.19. The number of aliphatic hydroxyl groups is 1. The fourth-order valence-electron chi connectivity index (χ4n) is 1.42. The van der Waals surface area contributed by atoms with E-state index in [4.69, 9.17) is 5.11 Å². The fourth-order valence-corrected chi connectivity index (χ4v) is 1.42. The molecule has 0 aliphatic rings. The first-order chi connectivity index (χ1) is 7.63. The molecule has 0 radical (unpaired) electrons. The van der Waals surface area contributed by atoms with Gasteiger partial charge in [0.2, 0.25) is 0 Å². The van der Waals surface area contributed by atoms with Crippen molar-refractivity contribution in [3.8, 4) is 0 Å². The summed E-state index contributed by atoms with van der Waals surface area (Å²) in [6, 6.07) is 8.36. The SMILES string of the molecule is CC(C)C=Cc1ccc(N(C)CCO)cc1. The molecule has 0 bridgehead atoms. The van der Waals surface area contributed by atoms with Gasteiger partial charge in [-0.2, -0.15) is 0 Å². The maximum absolute atomic E-state index is 8.85. The van der Waals surface area contributed by atoms with Gasteiger partial charge in [0.25, 0.3) is 0 Å². The van der Waals surface area contributed by atoms with Crippen molar-refractivity contribution < 1.29 is 5.11 Å². The third-order valence-corrected chi connectivity index (χ3v) is 2.44. The van der Waals surface area contributed by atoms with Gasteiger partial charge in [-0.05, 0) is 23.6 Å². The van der Waals surface area contributed by atoms with E-state index in [0.29, 0.717) is 12.5 Å². The van der Waals surface area contributed by atoms with Crippen LogP contribution in [0.4, 0.5) is 5.69 Å². The second kappa shape index (κ2) is 6.33. The zero-order valence-electron chi connectivity index (χ0n) is 10.4. The number of likely N-dealkylation sites (N-methyl/N-ethyl adjacent to an activating group) is 1. The van der Waals surface area contributed by atoms with Crippen LogP contribution < -0.4 is 4.90 Å². The van der Waals surface area contributed by atoms with E-state index in [2.05, 4.69) is 50.3 Å². The molecule has 0 unspecified atom stereocenters. The lowest BCUT2D eigenvalue weighted by atomic mass is 10.1. The highest BCUT2D eigenvalue weighted by Crippen LogP contribution is 2.14. The van der Waals surface area contributed by atoms with Gasteiger partial charge in [-0.1, -0.05) is 38.1 Å². The molecule has 1 N–H and O–H groups in total. The van der Waals surface area contributed by atoms with Crippen molar-refractivity contribution in [2.75, 3.05) is 25.1 Å². The van der Waals surface area contributed by atoms with Gasteiger partial charge in [-0.3, -0.25) is 0 Å². The largest absolute Gasteiger partial charge is 0.395 e. The average molecular weight is 219 g/mol. The number of nitrogens with zero attached hydrogens (tertiary/aromatic N) is 1. The molecule has 1 aromatic rings. The van der Waals surface area contributed by atoms with Crippen LogP contribution in [0.25, 0.3) is 6.08 Å². The predicted octanol–water partition coefficient (Wildman–Crippen LogP) is 2.78. The zero-order valence-corrected chi connectivity index (χ0v) is 10.4. The Hall–Kier alpha value is -1.28. The Bertz CT molecular complexity index is 327. The van der Waals surface area contributed by atoms with Crippen molar-refractivity contribution in [3.05, 3.63) is 35.9 Å². The number of aliphatic hydroxyl groups excluding tert-OH is 1. The van der Waals surface area contributed by atoms with E-state index in [0.717, 1.165) is 5.69 Å². The van der Waals surface area contributed by atoms with Gasteiger partial charge in [-0.15, -0.1) is 0 Å². The van der Waals surface area contributed by atoms with E-state index in [1.54, 1.807) is 0 Å². The topological polar surface area (TPSA) is 23.5 Å². The molecule has 16 heavy (non-hydrogen) atoms. The van der Waals surface area contributed by atoms with Crippen LogP contribution in [0.3, 0.4) is 0 Å². The van der Waals surface area contributed by atoms with Gasteiger partial charge >= 0.3 is 0 Å². The van der Waals surface area contributed by atoms with E-state index in [-0.39, 0.29) is 6.61 Å². The maximum atomic E-state index is 8.85. The standard InChI is InChI=1S/C14H21NO/c1-12(2)4-5-13-6-8-14(9-7-13)15(3)10-11-16/h4-9,12,16H,10-11H2,1-3H3. The summed E-state index contributed by atoms with van der Waals surface area (Å²) in [5.74, 6) is 0.580. The molecule has 88 valence electrons. The molecule has 2 heteroatoms. The van der Waals surface area contributed by atoms with Crippen LogP contribution in [0.2, 0.25) is 0 Å². The Labute approximate surface area is 98.2 Å². The van der Waals surface area contributed by atoms with Gasteiger partial charge < -0.3 is 10.0 Å². The molecule has 0 aliphatic carbocycles. The van der Waals surface area contributed by atoms with E-state index in [9.17, 15) is 0 Å². The molecule has 0 heterocycles. The highest BCUT2D eigenvalue weighted by atomic mass is 16.3. The summed E-state index contributed by atoms with van der Waals surface area (Å²) in [6.07, 6.45) is 4.33. The van der Waals surface area contributed by atoms with Crippen LogP contribution in [0, 0.1) is 5.92 Å². The number of rotatable bonds is 5. The van der Waals surface area contributed by atoms with Crippen LogP contribution in [-0.4, -0.2) is 25.3 Å². The highest BCUT2D eigenvalue weighted by molar-refractivity contribution is 5.55. The van der Waals surface area contributed by atoms with Gasteiger partial charge in [-0.25, -0.2) is 0 Å². The number of allylic oxidation sites excluding steroid dienone is 1. The maximum Gasteiger partial charge on any atom is 0.0606 e. The molecule has 0 spiro atoms.